The third-order valence-corrected chi connectivity index (χ3v) is 5.83. The van der Waals surface area contributed by atoms with E-state index in [1.165, 1.54) is 25.7 Å². The Morgan fingerprint density at radius 3 is 2.70 bits per heavy atom. The van der Waals surface area contributed by atoms with E-state index < -0.39 is 0 Å². The zero-order chi connectivity index (χ0) is 18.4. The quantitative estimate of drug-likeness (QED) is 0.322. The van der Waals surface area contributed by atoms with Crippen molar-refractivity contribution < 1.29 is 9.13 Å². The first-order chi connectivity index (χ1) is 12.7. The highest BCUT2D eigenvalue weighted by Gasteiger charge is 2.40. The van der Waals surface area contributed by atoms with Gasteiger partial charge in [0.1, 0.15) is 5.82 Å². The van der Waals surface area contributed by atoms with Crippen LogP contribution < -0.4 is 10.6 Å². The van der Waals surface area contributed by atoms with E-state index in [0.717, 1.165) is 44.1 Å². The van der Waals surface area contributed by atoms with Gasteiger partial charge in [0.25, 0.3) is 0 Å². The van der Waals surface area contributed by atoms with Crippen LogP contribution in [0.1, 0.15) is 56.9 Å². The van der Waals surface area contributed by atoms with E-state index in [1.54, 1.807) is 19.2 Å². The fraction of sp³-hybridized carbons (Fsp3) is 0.667. The highest BCUT2D eigenvalue weighted by molar-refractivity contribution is 14.0. The molecule has 2 N–H and O–H groups in total. The Kier molecular flexibility index (Phi) is 8.79. The number of methoxy groups -OCH3 is 1. The highest BCUT2D eigenvalue weighted by Crippen LogP contribution is 2.43. The summed E-state index contributed by atoms with van der Waals surface area (Å²) in [5, 5.41) is 6.86. The molecule has 1 aromatic carbocycles. The summed E-state index contributed by atoms with van der Waals surface area (Å²) in [6.07, 6.45) is 7.09. The van der Waals surface area contributed by atoms with Crippen molar-refractivity contribution in [1.29, 1.82) is 0 Å². The number of ether oxygens (including phenoxy) is 1. The van der Waals surface area contributed by atoms with E-state index in [0.29, 0.717) is 0 Å². The van der Waals surface area contributed by atoms with Crippen molar-refractivity contribution in [2.45, 2.75) is 57.4 Å². The second-order valence-electron chi connectivity index (χ2n) is 7.76. The summed E-state index contributed by atoms with van der Waals surface area (Å²) in [5.41, 5.74) is 1.10. The van der Waals surface area contributed by atoms with Crippen molar-refractivity contribution in [2.24, 2.45) is 10.4 Å². The standard InChI is InChI=1S/C21H32FN3O.HI/c1-3-23-20(24-15-21(12-13-26-2)10-6-7-11-21)25-19-14-17(19)16-8-4-5-9-18(16)22;/h4-5,8-9,17,19H,3,6-7,10-15H2,1-2H3,(H2,23,24,25);1H. The number of hydrogen-bond acceptors (Lipinski definition) is 2. The smallest absolute Gasteiger partial charge is 0.191 e. The highest BCUT2D eigenvalue weighted by atomic mass is 127. The predicted molar refractivity (Wildman–Crippen MR) is 119 cm³/mol. The number of guanidine groups is 1. The minimum absolute atomic E-state index is 0. The van der Waals surface area contributed by atoms with Crippen molar-refractivity contribution in [3.63, 3.8) is 0 Å². The average molecular weight is 489 g/mol. The van der Waals surface area contributed by atoms with Gasteiger partial charge in [0.2, 0.25) is 0 Å². The largest absolute Gasteiger partial charge is 0.385 e. The minimum atomic E-state index is -0.104. The molecule has 0 spiro atoms. The number of nitrogens with zero attached hydrogens (tertiary/aromatic N) is 1. The molecular formula is C21H33FIN3O. The second-order valence-corrected chi connectivity index (χ2v) is 7.76. The van der Waals surface area contributed by atoms with Gasteiger partial charge in [0.15, 0.2) is 5.96 Å². The van der Waals surface area contributed by atoms with Crippen LogP contribution in [0, 0.1) is 11.2 Å². The van der Waals surface area contributed by atoms with E-state index in [4.69, 9.17) is 9.73 Å². The van der Waals surface area contributed by atoms with Crippen LogP contribution in [0.4, 0.5) is 4.39 Å². The monoisotopic (exact) mass is 489 g/mol. The van der Waals surface area contributed by atoms with E-state index >= 15 is 0 Å². The first-order valence-electron chi connectivity index (χ1n) is 9.96. The molecule has 2 atom stereocenters. The van der Waals surface area contributed by atoms with Crippen molar-refractivity contribution in [3.05, 3.63) is 35.6 Å². The van der Waals surface area contributed by atoms with Crippen LogP contribution >= 0.6 is 24.0 Å². The Morgan fingerprint density at radius 1 is 1.30 bits per heavy atom. The molecule has 0 saturated heterocycles. The van der Waals surface area contributed by atoms with Gasteiger partial charge in [-0.25, -0.2) is 4.39 Å². The lowest BCUT2D eigenvalue weighted by molar-refractivity contribution is 0.141. The average Bonchev–Trinajstić information content (AvgIpc) is 3.24. The lowest BCUT2D eigenvalue weighted by Gasteiger charge is -2.27. The van der Waals surface area contributed by atoms with E-state index in [-0.39, 0.29) is 47.2 Å². The third-order valence-electron chi connectivity index (χ3n) is 5.83. The number of halogens is 2. The Hall–Kier alpha value is -0.890. The summed E-state index contributed by atoms with van der Waals surface area (Å²) in [6.45, 7) is 4.54. The second kappa shape index (κ2) is 10.6. The summed E-state index contributed by atoms with van der Waals surface area (Å²) in [4.78, 5) is 4.90. The first kappa shape index (κ1) is 22.4. The molecule has 2 saturated carbocycles. The van der Waals surface area contributed by atoms with Crippen LogP contribution in [-0.4, -0.2) is 38.8 Å². The molecule has 0 amide bonds. The molecule has 0 aliphatic heterocycles. The zero-order valence-corrected chi connectivity index (χ0v) is 18.8. The number of aliphatic imine (C=N–C) groups is 1. The first-order valence-corrected chi connectivity index (χ1v) is 9.96. The Balaban J connectivity index is 0.00000261. The molecule has 4 nitrogen and oxygen atoms in total. The molecule has 0 heterocycles. The molecule has 2 aliphatic carbocycles. The Bertz CT molecular complexity index is 619. The normalized spacial score (nSPS) is 23.6. The van der Waals surface area contributed by atoms with Crippen LogP contribution in [0.15, 0.2) is 29.3 Å². The van der Waals surface area contributed by atoms with E-state index in [2.05, 4.69) is 17.6 Å². The summed E-state index contributed by atoms with van der Waals surface area (Å²) in [5.74, 6) is 1.00. The van der Waals surface area contributed by atoms with Gasteiger partial charge in [-0.15, -0.1) is 24.0 Å². The van der Waals surface area contributed by atoms with Gasteiger partial charge < -0.3 is 15.4 Å². The van der Waals surface area contributed by atoms with E-state index in [1.807, 2.05) is 12.1 Å². The molecule has 0 bridgehead atoms. The van der Waals surface area contributed by atoms with Crippen LogP contribution in [0.25, 0.3) is 0 Å². The number of nitrogens with one attached hydrogen (secondary N) is 2. The van der Waals surface area contributed by atoms with Crippen LogP contribution in [0.3, 0.4) is 0 Å². The SMILES string of the molecule is CCNC(=NCC1(CCOC)CCCC1)NC1CC1c1ccccc1F.I. The number of benzene rings is 1. The van der Waals surface area contributed by atoms with Crippen molar-refractivity contribution in [3.8, 4) is 0 Å². The Labute approximate surface area is 179 Å². The van der Waals surface area contributed by atoms with Gasteiger partial charge in [0, 0.05) is 38.8 Å². The fourth-order valence-corrected chi connectivity index (χ4v) is 4.15. The van der Waals surface area contributed by atoms with Gasteiger partial charge in [-0.05, 0) is 49.7 Å². The fourth-order valence-electron chi connectivity index (χ4n) is 4.15. The summed E-state index contributed by atoms with van der Waals surface area (Å²) < 4.78 is 19.3. The number of rotatable bonds is 8. The van der Waals surface area contributed by atoms with Crippen molar-refractivity contribution in [1.82, 2.24) is 10.6 Å². The van der Waals surface area contributed by atoms with Crippen LogP contribution in [0.5, 0.6) is 0 Å². The van der Waals surface area contributed by atoms with Gasteiger partial charge in [-0.3, -0.25) is 4.99 Å². The minimum Gasteiger partial charge on any atom is -0.385 e. The van der Waals surface area contributed by atoms with Crippen LogP contribution in [0.2, 0.25) is 0 Å². The Morgan fingerprint density at radius 2 is 2.04 bits per heavy atom. The topological polar surface area (TPSA) is 45.7 Å². The summed E-state index contributed by atoms with van der Waals surface area (Å²) in [6, 6.07) is 7.36. The maximum Gasteiger partial charge on any atom is 0.191 e. The molecule has 2 aliphatic rings. The summed E-state index contributed by atoms with van der Waals surface area (Å²) in [7, 11) is 1.77. The molecule has 1 aromatic rings. The lowest BCUT2D eigenvalue weighted by Crippen LogP contribution is -2.40. The molecule has 152 valence electrons. The molecule has 27 heavy (non-hydrogen) atoms. The molecule has 6 heteroatoms. The van der Waals surface area contributed by atoms with Gasteiger partial charge in [-0.2, -0.15) is 0 Å². The van der Waals surface area contributed by atoms with Crippen molar-refractivity contribution >= 4 is 29.9 Å². The molecule has 2 unspecified atom stereocenters. The maximum absolute atomic E-state index is 14.0. The summed E-state index contributed by atoms with van der Waals surface area (Å²) >= 11 is 0. The molecule has 0 aromatic heterocycles. The van der Waals surface area contributed by atoms with Gasteiger partial charge in [0.05, 0.1) is 0 Å². The number of hydrogen-bond donors (Lipinski definition) is 2. The predicted octanol–water partition coefficient (Wildman–Crippen LogP) is 4.45. The van der Waals surface area contributed by atoms with Gasteiger partial charge >= 0.3 is 0 Å². The van der Waals surface area contributed by atoms with E-state index in [9.17, 15) is 4.39 Å². The van der Waals surface area contributed by atoms with Crippen molar-refractivity contribution in [2.75, 3.05) is 26.8 Å². The molecule has 2 fully saturated rings. The zero-order valence-electron chi connectivity index (χ0n) is 16.5. The maximum atomic E-state index is 14.0. The third kappa shape index (κ3) is 6.04. The lowest BCUT2D eigenvalue weighted by atomic mass is 9.83. The molecule has 3 rings (SSSR count). The van der Waals surface area contributed by atoms with Gasteiger partial charge in [-0.1, -0.05) is 31.0 Å². The molecule has 0 radical (unpaired) electrons. The molecular weight excluding hydrogens is 456 g/mol. The van der Waals surface area contributed by atoms with Crippen LogP contribution in [-0.2, 0) is 4.74 Å².